The molecular formula is C27H32ClN3O3. The Morgan fingerprint density at radius 1 is 1.03 bits per heavy atom. The number of nitrogens with zero attached hydrogens (tertiary/aromatic N) is 3. The number of piperidine rings is 1. The normalized spacial score (nSPS) is 18.8. The predicted molar refractivity (Wildman–Crippen MR) is 134 cm³/mol. The molecule has 0 aromatic heterocycles. The maximum atomic E-state index is 13.7. The summed E-state index contributed by atoms with van der Waals surface area (Å²) >= 11 is 6.54. The molecule has 4 rings (SSSR count). The van der Waals surface area contributed by atoms with Crippen LogP contribution in [-0.2, 0) is 16.1 Å². The van der Waals surface area contributed by atoms with Crippen LogP contribution in [0.1, 0.15) is 30.4 Å². The third-order valence-electron chi connectivity index (χ3n) is 6.72. The van der Waals surface area contributed by atoms with Gasteiger partial charge in [0.15, 0.2) is 0 Å². The molecule has 0 saturated carbocycles. The average molecular weight is 482 g/mol. The zero-order valence-electron chi connectivity index (χ0n) is 19.7. The molecule has 6 nitrogen and oxygen atoms in total. The Hall–Kier alpha value is -2.67. The van der Waals surface area contributed by atoms with Gasteiger partial charge >= 0.3 is 6.03 Å². The highest BCUT2D eigenvalue weighted by Crippen LogP contribution is 2.38. The van der Waals surface area contributed by atoms with Crippen LogP contribution in [0.2, 0.25) is 0 Å². The zero-order valence-corrected chi connectivity index (χ0v) is 20.4. The highest BCUT2D eigenvalue weighted by atomic mass is 35.5. The van der Waals surface area contributed by atoms with E-state index in [9.17, 15) is 9.59 Å². The second-order valence-electron chi connectivity index (χ2n) is 8.97. The number of carbonyl (C=O) groups is 2. The van der Waals surface area contributed by atoms with Crippen molar-refractivity contribution in [1.29, 1.82) is 0 Å². The Morgan fingerprint density at radius 2 is 1.68 bits per heavy atom. The van der Waals surface area contributed by atoms with Crippen LogP contribution in [-0.4, -0.2) is 72.1 Å². The molecule has 2 aromatic rings. The average Bonchev–Trinajstić information content (AvgIpc) is 3.03. The van der Waals surface area contributed by atoms with Crippen LogP contribution in [0.5, 0.6) is 0 Å². The molecule has 0 unspecified atom stereocenters. The third kappa shape index (κ3) is 5.35. The van der Waals surface area contributed by atoms with Gasteiger partial charge in [0.1, 0.15) is 5.54 Å². The van der Waals surface area contributed by atoms with Crippen molar-refractivity contribution in [3.63, 3.8) is 0 Å². The number of rotatable bonds is 9. The molecule has 2 heterocycles. The number of carbonyl (C=O) groups excluding carboxylic acids is 2. The molecule has 2 aromatic carbocycles. The van der Waals surface area contributed by atoms with Crippen LogP contribution in [0.3, 0.4) is 0 Å². The lowest BCUT2D eigenvalue weighted by molar-refractivity contribution is -0.136. The predicted octanol–water partition coefficient (Wildman–Crippen LogP) is 4.60. The van der Waals surface area contributed by atoms with Crippen LogP contribution in [0.4, 0.5) is 4.79 Å². The van der Waals surface area contributed by atoms with Crippen molar-refractivity contribution >= 4 is 29.6 Å². The Balaban J connectivity index is 1.47. The largest absolute Gasteiger partial charge is 0.385 e. The summed E-state index contributed by atoms with van der Waals surface area (Å²) in [4.78, 5) is 32.6. The number of urea groups is 1. The van der Waals surface area contributed by atoms with Crippen LogP contribution < -0.4 is 0 Å². The van der Waals surface area contributed by atoms with Gasteiger partial charge in [0, 0.05) is 44.9 Å². The van der Waals surface area contributed by atoms with Gasteiger partial charge in [-0.05, 0) is 36.5 Å². The maximum absolute atomic E-state index is 13.7. The first-order valence-corrected chi connectivity index (χ1v) is 12.2. The fourth-order valence-corrected chi connectivity index (χ4v) is 5.21. The summed E-state index contributed by atoms with van der Waals surface area (Å²) in [5.41, 5.74) is 1.23. The molecule has 7 heteroatoms. The molecule has 34 heavy (non-hydrogen) atoms. The van der Waals surface area contributed by atoms with Crippen LogP contribution in [0.25, 0.3) is 6.08 Å². The summed E-state index contributed by atoms with van der Waals surface area (Å²) in [6, 6.07) is 19.5. The van der Waals surface area contributed by atoms with E-state index in [2.05, 4.69) is 4.90 Å². The van der Waals surface area contributed by atoms with E-state index in [0.717, 1.165) is 16.2 Å². The lowest BCUT2D eigenvalue weighted by Gasteiger charge is -2.42. The smallest absolute Gasteiger partial charge is 0.327 e. The number of hydrogen-bond donors (Lipinski definition) is 0. The maximum Gasteiger partial charge on any atom is 0.327 e. The minimum absolute atomic E-state index is 0.0793. The van der Waals surface area contributed by atoms with Gasteiger partial charge < -0.3 is 9.64 Å². The monoisotopic (exact) mass is 481 g/mol. The van der Waals surface area contributed by atoms with E-state index in [1.54, 1.807) is 12.0 Å². The van der Waals surface area contributed by atoms with E-state index in [0.29, 0.717) is 58.6 Å². The lowest BCUT2D eigenvalue weighted by atomic mass is 9.85. The minimum atomic E-state index is -0.786. The first-order valence-electron chi connectivity index (χ1n) is 11.8. The number of hydrogen-bond acceptors (Lipinski definition) is 4. The Bertz CT molecular complexity index is 1000. The van der Waals surface area contributed by atoms with Crippen molar-refractivity contribution in [3.8, 4) is 0 Å². The molecule has 0 aliphatic carbocycles. The Kier molecular flexibility index (Phi) is 8.03. The number of benzene rings is 2. The van der Waals surface area contributed by atoms with Gasteiger partial charge in [-0.3, -0.25) is 14.6 Å². The summed E-state index contributed by atoms with van der Waals surface area (Å²) in [7, 11) is 1.65. The van der Waals surface area contributed by atoms with Gasteiger partial charge in [0.25, 0.3) is 5.91 Å². The quantitative estimate of drug-likeness (QED) is 0.388. The SMILES string of the molecule is COCCCN1C(=O)N(Cc2ccccc2)C(=O)C12CCN(CC(Cl)=Cc1ccccc1)CC2. The molecule has 3 amide bonds. The first-order chi connectivity index (χ1) is 16.5. The number of imide groups is 1. The fourth-order valence-electron chi connectivity index (χ4n) is 4.92. The number of halogens is 1. The van der Waals surface area contributed by atoms with Crippen molar-refractivity contribution in [2.24, 2.45) is 0 Å². The topological polar surface area (TPSA) is 53.1 Å². The summed E-state index contributed by atoms with van der Waals surface area (Å²) < 4.78 is 5.21. The van der Waals surface area contributed by atoms with Gasteiger partial charge in [0.05, 0.1) is 6.54 Å². The number of ether oxygens (including phenoxy) is 1. The highest BCUT2D eigenvalue weighted by molar-refractivity contribution is 6.31. The number of amides is 3. The van der Waals surface area contributed by atoms with Gasteiger partial charge in [-0.1, -0.05) is 72.3 Å². The standard InChI is InChI=1S/C27H32ClN3O3/c1-34-18-8-15-31-26(33)30(20-23-11-6-3-7-12-23)25(32)27(31)13-16-29(17-14-27)21-24(28)19-22-9-4-2-5-10-22/h2-7,9-12,19H,8,13-18,20-21H2,1H3. The van der Waals surface area contributed by atoms with E-state index >= 15 is 0 Å². The van der Waals surface area contributed by atoms with E-state index < -0.39 is 5.54 Å². The first kappa shape index (κ1) is 24.5. The molecule has 1 spiro atoms. The van der Waals surface area contributed by atoms with E-state index in [1.165, 1.54) is 4.90 Å². The van der Waals surface area contributed by atoms with E-state index in [-0.39, 0.29) is 11.9 Å². The summed E-state index contributed by atoms with van der Waals surface area (Å²) in [6.07, 6.45) is 3.89. The molecule has 0 radical (unpaired) electrons. The lowest BCUT2D eigenvalue weighted by Crippen LogP contribution is -2.56. The molecule has 2 saturated heterocycles. The number of likely N-dealkylation sites (tertiary alicyclic amines) is 1. The van der Waals surface area contributed by atoms with Crippen molar-refractivity contribution in [3.05, 3.63) is 76.8 Å². The van der Waals surface area contributed by atoms with Crippen molar-refractivity contribution in [2.75, 3.05) is 39.9 Å². The number of methoxy groups -OCH3 is 1. The van der Waals surface area contributed by atoms with Crippen molar-refractivity contribution in [1.82, 2.24) is 14.7 Å². The molecule has 0 atom stereocenters. The molecule has 0 N–H and O–H groups in total. The van der Waals surface area contributed by atoms with Gasteiger partial charge in [-0.25, -0.2) is 4.79 Å². The van der Waals surface area contributed by atoms with Crippen LogP contribution >= 0.6 is 11.6 Å². The summed E-state index contributed by atoms with van der Waals surface area (Å²) in [5, 5.41) is 0.763. The highest BCUT2D eigenvalue weighted by Gasteiger charge is 2.57. The minimum Gasteiger partial charge on any atom is -0.385 e. The van der Waals surface area contributed by atoms with Crippen molar-refractivity contribution < 1.29 is 14.3 Å². The van der Waals surface area contributed by atoms with Crippen LogP contribution in [0.15, 0.2) is 65.7 Å². The Labute approximate surface area is 206 Å². The molecule has 2 aliphatic rings. The summed E-state index contributed by atoms with van der Waals surface area (Å²) in [5.74, 6) is -0.0793. The Morgan fingerprint density at radius 3 is 2.32 bits per heavy atom. The molecule has 0 bridgehead atoms. The van der Waals surface area contributed by atoms with Gasteiger partial charge in [-0.2, -0.15) is 0 Å². The van der Waals surface area contributed by atoms with Gasteiger partial charge in [0.2, 0.25) is 0 Å². The molecule has 2 fully saturated rings. The summed E-state index contributed by atoms with van der Waals surface area (Å²) in [6.45, 7) is 3.41. The molecular weight excluding hydrogens is 450 g/mol. The van der Waals surface area contributed by atoms with Gasteiger partial charge in [-0.15, -0.1) is 0 Å². The van der Waals surface area contributed by atoms with E-state index in [1.807, 2.05) is 66.7 Å². The van der Waals surface area contributed by atoms with Crippen LogP contribution in [0, 0.1) is 0 Å². The zero-order chi connectivity index (χ0) is 24.0. The second kappa shape index (κ2) is 11.2. The van der Waals surface area contributed by atoms with Crippen molar-refractivity contribution in [2.45, 2.75) is 31.3 Å². The second-order valence-corrected chi connectivity index (χ2v) is 9.45. The third-order valence-corrected chi connectivity index (χ3v) is 6.94. The molecule has 180 valence electrons. The fraction of sp³-hybridized carbons (Fsp3) is 0.407. The molecule has 2 aliphatic heterocycles. The van der Waals surface area contributed by atoms with E-state index in [4.69, 9.17) is 16.3 Å².